The average Bonchev–Trinajstić information content (AvgIpc) is 3.15. The SMILES string of the molecule is N#CC1(C2(O)CCN3CCCC32)CCc2ccccc21. The Balaban J connectivity index is 1.86. The van der Waals surface area contributed by atoms with Crippen LogP contribution in [0.25, 0.3) is 0 Å². The van der Waals surface area contributed by atoms with Crippen LogP contribution in [0.2, 0.25) is 0 Å². The molecule has 0 bridgehead atoms. The molecule has 3 atom stereocenters. The quantitative estimate of drug-likeness (QED) is 0.847. The molecule has 3 nitrogen and oxygen atoms in total. The lowest BCUT2D eigenvalue weighted by Crippen LogP contribution is -2.56. The lowest BCUT2D eigenvalue weighted by atomic mass is 9.65. The molecular weight excluding hydrogens is 248 g/mol. The molecule has 2 saturated heterocycles. The Hall–Kier alpha value is -1.37. The van der Waals surface area contributed by atoms with Gasteiger partial charge in [-0.1, -0.05) is 24.3 Å². The molecule has 2 heterocycles. The van der Waals surface area contributed by atoms with Gasteiger partial charge in [0.1, 0.15) is 11.0 Å². The highest BCUT2D eigenvalue weighted by Gasteiger charge is 2.62. The van der Waals surface area contributed by atoms with Crippen molar-refractivity contribution in [1.82, 2.24) is 4.90 Å². The van der Waals surface area contributed by atoms with Gasteiger partial charge in [-0.2, -0.15) is 5.26 Å². The van der Waals surface area contributed by atoms with Gasteiger partial charge in [0.15, 0.2) is 0 Å². The Kier molecular flexibility index (Phi) is 2.52. The maximum atomic E-state index is 11.5. The van der Waals surface area contributed by atoms with Crippen molar-refractivity contribution in [3.63, 3.8) is 0 Å². The highest BCUT2D eigenvalue weighted by atomic mass is 16.3. The summed E-state index contributed by atoms with van der Waals surface area (Å²) in [7, 11) is 0. The summed E-state index contributed by atoms with van der Waals surface area (Å²) in [5.41, 5.74) is 0.760. The first-order valence-electron chi connectivity index (χ1n) is 7.67. The molecule has 4 rings (SSSR count). The van der Waals surface area contributed by atoms with Crippen LogP contribution < -0.4 is 0 Å². The van der Waals surface area contributed by atoms with Gasteiger partial charge >= 0.3 is 0 Å². The summed E-state index contributed by atoms with van der Waals surface area (Å²) in [6.07, 6.45) is 4.60. The fourth-order valence-electron chi connectivity index (χ4n) is 4.89. The molecule has 3 aliphatic rings. The van der Waals surface area contributed by atoms with E-state index in [0.717, 1.165) is 50.8 Å². The first-order valence-corrected chi connectivity index (χ1v) is 7.67. The molecule has 0 spiro atoms. The van der Waals surface area contributed by atoms with Gasteiger partial charge in [0, 0.05) is 12.6 Å². The number of aryl methyl sites for hydroxylation is 1. The molecule has 3 unspecified atom stereocenters. The predicted octanol–water partition coefficient (Wildman–Crippen LogP) is 1.99. The normalized spacial score (nSPS) is 39.5. The van der Waals surface area contributed by atoms with Gasteiger partial charge in [0.2, 0.25) is 0 Å². The van der Waals surface area contributed by atoms with E-state index < -0.39 is 11.0 Å². The van der Waals surface area contributed by atoms with Gasteiger partial charge in [0.25, 0.3) is 0 Å². The third-order valence-electron chi connectivity index (χ3n) is 5.87. The number of fused-ring (bicyclic) bond motifs is 2. The second-order valence-electron chi connectivity index (χ2n) is 6.54. The fraction of sp³-hybridized carbons (Fsp3) is 0.588. The van der Waals surface area contributed by atoms with E-state index in [1.54, 1.807) is 0 Å². The van der Waals surface area contributed by atoms with Crippen LogP contribution in [0.3, 0.4) is 0 Å². The summed E-state index contributed by atoms with van der Waals surface area (Å²) in [4.78, 5) is 2.39. The monoisotopic (exact) mass is 268 g/mol. The summed E-state index contributed by atoms with van der Waals surface area (Å²) in [5, 5.41) is 21.5. The van der Waals surface area contributed by atoms with E-state index in [9.17, 15) is 10.4 Å². The topological polar surface area (TPSA) is 47.3 Å². The van der Waals surface area contributed by atoms with E-state index in [2.05, 4.69) is 23.1 Å². The minimum atomic E-state index is -0.870. The van der Waals surface area contributed by atoms with Crippen LogP contribution in [-0.2, 0) is 11.8 Å². The molecular formula is C17H20N2O. The van der Waals surface area contributed by atoms with Gasteiger partial charge in [0.05, 0.1) is 6.07 Å². The van der Waals surface area contributed by atoms with Gasteiger partial charge in [-0.05, 0) is 49.8 Å². The molecule has 104 valence electrons. The molecule has 2 aliphatic heterocycles. The average molecular weight is 268 g/mol. The first kappa shape index (κ1) is 12.4. The Morgan fingerprint density at radius 1 is 1.25 bits per heavy atom. The van der Waals surface area contributed by atoms with Crippen LogP contribution in [-0.4, -0.2) is 34.7 Å². The molecule has 3 heteroatoms. The summed E-state index contributed by atoms with van der Waals surface area (Å²) in [6, 6.07) is 10.9. The summed E-state index contributed by atoms with van der Waals surface area (Å²) < 4.78 is 0. The summed E-state index contributed by atoms with van der Waals surface area (Å²) in [5.74, 6) is 0. The van der Waals surface area contributed by atoms with Crippen molar-refractivity contribution < 1.29 is 5.11 Å². The van der Waals surface area contributed by atoms with Crippen LogP contribution in [0.4, 0.5) is 0 Å². The number of benzene rings is 1. The second-order valence-corrected chi connectivity index (χ2v) is 6.54. The molecule has 0 radical (unpaired) electrons. The van der Waals surface area contributed by atoms with Gasteiger partial charge in [-0.15, -0.1) is 0 Å². The molecule has 0 saturated carbocycles. The lowest BCUT2D eigenvalue weighted by Gasteiger charge is -2.42. The van der Waals surface area contributed by atoms with Crippen LogP contribution in [0.1, 0.15) is 36.8 Å². The number of hydrogen-bond donors (Lipinski definition) is 1. The minimum Gasteiger partial charge on any atom is -0.386 e. The van der Waals surface area contributed by atoms with E-state index in [-0.39, 0.29) is 6.04 Å². The fourth-order valence-corrected chi connectivity index (χ4v) is 4.89. The van der Waals surface area contributed by atoms with Crippen molar-refractivity contribution in [3.05, 3.63) is 35.4 Å². The maximum Gasteiger partial charge on any atom is 0.113 e. The molecule has 0 aromatic heterocycles. The predicted molar refractivity (Wildman–Crippen MR) is 76.2 cm³/mol. The van der Waals surface area contributed by atoms with Crippen molar-refractivity contribution in [2.24, 2.45) is 0 Å². The Morgan fingerprint density at radius 3 is 2.95 bits per heavy atom. The summed E-state index contributed by atoms with van der Waals surface area (Å²) in [6.45, 7) is 2.02. The van der Waals surface area contributed by atoms with Crippen molar-refractivity contribution in [2.75, 3.05) is 13.1 Å². The van der Waals surface area contributed by atoms with Gasteiger partial charge in [-0.3, -0.25) is 4.90 Å². The van der Waals surface area contributed by atoms with Crippen LogP contribution in [0, 0.1) is 11.3 Å². The Bertz CT molecular complexity index is 593. The van der Waals surface area contributed by atoms with E-state index in [0.29, 0.717) is 0 Å². The highest BCUT2D eigenvalue weighted by Crippen LogP contribution is 2.53. The number of nitriles is 1. The third-order valence-corrected chi connectivity index (χ3v) is 5.87. The first-order chi connectivity index (χ1) is 9.71. The second kappa shape index (κ2) is 4.07. The number of hydrogen-bond acceptors (Lipinski definition) is 3. The number of aliphatic hydroxyl groups is 1. The zero-order valence-electron chi connectivity index (χ0n) is 11.7. The molecule has 2 fully saturated rings. The Morgan fingerprint density at radius 2 is 2.10 bits per heavy atom. The lowest BCUT2D eigenvalue weighted by molar-refractivity contribution is -0.0384. The van der Waals surface area contributed by atoms with Crippen LogP contribution in [0.5, 0.6) is 0 Å². The van der Waals surface area contributed by atoms with Crippen molar-refractivity contribution >= 4 is 0 Å². The molecule has 20 heavy (non-hydrogen) atoms. The van der Waals surface area contributed by atoms with Gasteiger partial charge in [-0.25, -0.2) is 0 Å². The largest absolute Gasteiger partial charge is 0.386 e. The van der Waals surface area contributed by atoms with Crippen LogP contribution in [0.15, 0.2) is 24.3 Å². The highest BCUT2D eigenvalue weighted by molar-refractivity contribution is 5.48. The number of rotatable bonds is 1. The van der Waals surface area contributed by atoms with E-state index >= 15 is 0 Å². The maximum absolute atomic E-state index is 11.5. The number of nitrogens with zero attached hydrogens (tertiary/aromatic N) is 2. The zero-order chi connectivity index (χ0) is 13.8. The Labute approximate surface area is 119 Å². The minimum absolute atomic E-state index is 0.174. The van der Waals surface area contributed by atoms with Crippen molar-refractivity contribution in [1.29, 1.82) is 5.26 Å². The molecule has 1 aliphatic carbocycles. The third kappa shape index (κ3) is 1.31. The zero-order valence-corrected chi connectivity index (χ0v) is 11.7. The molecule has 0 amide bonds. The van der Waals surface area contributed by atoms with E-state index in [1.807, 2.05) is 12.1 Å². The molecule has 1 aromatic carbocycles. The van der Waals surface area contributed by atoms with Crippen molar-refractivity contribution in [3.8, 4) is 6.07 Å². The smallest absolute Gasteiger partial charge is 0.113 e. The van der Waals surface area contributed by atoms with E-state index in [4.69, 9.17) is 0 Å². The van der Waals surface area contributed by atoms with E-state index in [1.165, 1.54) is 5.56 Å². The molecule has 1 aromatic rings. The van der Waals surface area contributed by atoms with Crippen molar-refractivity contribution in [2.45, 2.75) is 49.2 Å². The standard InChI is InChI=1S/C17H20N2O/c18-12-16(8-7-13-4-1-2-5-14(13)16)17(20)9-11-19-10-3-6-15(17)19/h1-2,4-5,15,20H,3,6-11H2. The summed E-state index contributed by atoms with van der Waals surface area (Å²) >= 11 is 0. The van der Waals surface area contributed by atoms with Crippen LogP contribution >= 0.6 is 0 Å². The van der Waals surface area contributed by atoms with Gasteiger partial charge < -0.3 is 5.11 Å². The molecule has 1 N–H and O–H groups in total.